The van der Waals surface area contributed by atoms with E-state index >= 15 is 0 Å². The number of rotatable bonds is 4. The number of hydrogen-bond donors (Lipinski definition) is 2. The van der Waals surface area contributed by atoms with Crippen molar-refractivity contribution in [3.05, 3.63) is 52.2 Å². The monoisotopic (exact) mass is 355 g/mol. The van der Waals surface area contributed by atoms with Gasteiger partial charge in [0.05, 0.1) is 16.9 Å². The van der Waals surface area contributed by atoms with Crippen molar-refractivity contribution in [3.63, 3.8) is 0 Å². The Balaban J connectivity index is 1.77. The van der Waals surface area contributed by atoms with Crippen molar-refractivity contribution in [1.29, 1.82) is 0 Å². The van der Waals surface area contributed by atoms with Crippen molar-refractivity contribution in [2.24, 2.45) is 0 Å². The molecule has 0 aliphatic carbocycles. The summed E-state index contributed by atoms with van der Waals surface area (Å²) in [5.74, 6) is 0.642. The first kappa shape index (κ1) is 16.8. The Bertz CT molecular complexity index is 910. The first-order chi connectivity index (χ1) is 12.0. The maximum atomic E-state index is 12.1. The van der Waals surface area contributed by atoms with Crippen LogP contribution in [0.2, 0.25) is 0 Å². The van der Waals surface area contributed by atoms with Crippen molar-refractivity contribution in [3.8, 4) is 5.88 Å². The molecule has 0 fully saturated rings. The third-order valence-corrected chi connectivity index (χ3v) is 3.97. The molecule has 3 aromatic rings. The van der Waals surface area contributed by atoms with Crippen molar-refractivity contribution >= 4 is 34.6 Å². The zero-order valence-electron chi connectivity index (χ0n) is 14.0. The topological polar surface area (TPSA) is 89.0 Å². The number of aromatic nitrogens is 3. The third kappa shape index (κ3) is 4.51. The van der Waals surface area contributed by atoms with Crippen LogP contribution in [-0.2, 0) is 0 Å². The first-order valence-electron chi connectivity index (χ1n) is 7.57. The lowest BCUT2D eigenvalue weighted by atomic mass is 10.3. The van der Waals surface area contributed by atoms with Gasteiger partial charge in [-0.2, -0.15) is 0 Å². The van der Waals surface area contributed by atoms with Gasteiger partial charge in [-0.1, -0.05) is 0 Å². The summed E-state index contributed by atoms with van der Waals surface area (Å²) in [6, 6.07) is 5.58. The summed E-state index contributed by atoms with van der Waals surface area (Å²) < 4.78 is 5.36. The zero-order valence-corrected chi connectivity index (χ0v) is 14.8. The van der Waals surface area contributed by atoms with Crippen molar-refractivity contribution in [2.75, 3.05) is 10.6 Å². The van der Waals surface area contributed by atoms with Crippen LogP contribution in [0.15, 0.2) is 36.0 Å². The summed E-state index contributed by atoms with van der Waals surface area (Å²) >= 11 is 1.45. The molecule has 3 rings (SSSR count). The molecule has 0 radical (unpaired) electrons. The number of ether oxygens (including phenoxy) is 1. The molecule has 3 aromatic heterocycles. The van der Waals surface area contributed by atoms with E-state index in [0.29, 0.717) is 11.5 Å². The molecule has 2 N–H and O–H groups in total. The van der Waals surface area contributed by atoms with E-state index in [1.165, 1.54) is 11.3 Å². The normalized spacial score (nSPS) is 10.4. The van der Waals surface area contributed by atoms with Crippen LogP contribution in [0.3, 0.4) is 0 Å². The largest absolute Gasteiger partial charge is 0.419 e. The van der Waals surface area contributed by atoms with Crippen LogP contribution in [0.25, 0.3) is 0 Å². The summed E-state index contributed by atoms with van der Waals surface area (Å²) in [5.41, 5.74) is 3.11. The number of nitrogens with one attached hydrogen (secondary N) is 2. The van der Waals surface area contributed by atoms with Crippen LogP contribution in [0.1, 0.15) is 16.3 Å². The molecule has 1 amide bonds. The summed E-state index contributed by atoms with van der Waals surface area (Å²) in [6.45, 7) is 5.64. The molecule has 7 nitrogen and oxygen atoms in total. The second-order valence-electron chi connectivity index (χ2n) is 5.45. The molecule has 0 saturated heterocycles. The van der Waals surface area contributed by atoms with Gasteiger partial charge in [-0.3, -0.25) is 10.3 Å². The van der Waals surface area contributed by atoms with E-state index in [1.54, 1.807) is 23.8 Å². The fourth-order valence-corrected chi connectivity index (χ4v) is 2.67. The predicted octanol–water partition coefficient (Wildman–Crippen LogP) is 4.21. The van der Waals surface area contributed by atoms with Crippen LogP contribution in [0.5, 0.6) is 5.88 Å². The Kier molecular flexibility index (Phi) is 4.90. The Hall–Kier alpha value is -3.00. The van der Waals surface area contributed by atoms with Gasteiger partial charge >= 0.3 is 6.09 Å². The molecule has 0 aliphatic heterocycles. The van der Waals surface area contributed by atoms with Gasteiger partial charge in [-0.15, -0.1) is 11.3 Å². The number of carbonyl (C=O) groups is 1. The summed E-state index contributed by atoms with van der Waals surface area (Å²) in [7, 11) is 0. The Morgan fingerprint density at radius 1 is 1.16 bits per heavy atom. The maximum Gasteiger partial charge on any atom is 0.419 e. The highest BCUT2D eigenvalue weighted by Gasteiger charge is 2.13. The number of carbonyl (C=O) groups excluding carboxylic acids is 1. The van der Waals surface area contributed by atoms with E-state index in [0.717, 1.165) is 22.0 Å². The second kappa shape index (κ2) is 7.27. The number of hydrogen-bond acceptors (Lipinski definition) is 7. The SMILES string of the molecule is Cc1cncc(Nc2ccc(C)nc2OC(=O)Nc2csc(C)n2)c1. The molecule has 3 heterocycles. The molecular weight excluding hydrogens is 338 g/mol. The highest BCUT2D eigenvalue weighted by atomic mass is 32.1. The van der Waals surface area contributed by atoms with Gasteiger partial charge in [0.25, 0.3) is 0 Å². The standard InChI is InChI=1S/C17H17N5O2S/c1-10-6-13(8-18-7-10)21-14-5-4-11(2)19-16(14)24-17(23)22-15-9-25-12(3)20-15/h4-9,21H,1-3H3,(H,22,23). The summed E-state index contributed by atoms with van der Waals surface area (Å²) in [4.78, 5) is 24.7. The molecule has 0 saturated carbocycles. The Morgan fingerprint density at radius 2 is 2.00 bits per heavy atom. The smallest absolute Gasteiger partial charge is 0.389 e. The van der Waals surface area contributed by atoms with Crippen LogP contribution in [0.4, 0.5) is 22.0 Å². The molecule has 25 heavy (non-hydrogen) atoms. The summed E-state index contributed by atoms with van der Waals surface area (Å²) in [6.07, 6.45) is 2.81. The number of anilines is 3. The first-order valence-corrected chi connectivity index (χ1v) is 8.45. The lowest BCUT2D eigenvalue weighted by Crippen LogP contribution is -2.18. The molecule has 0 unspecified atom stereocenters. The van der Waals surface area contributed by atoms with Crippen LogP contribution in [0, 0.1) is 20.8 Å². The fraction of sp³-hybridized carbons (Fsp3) is 0.176. The molecule has 0 atom stereocenters. The molecule has 128 valence electrons. The summed E-state index contributed by atoms with van der Waals surface area (Å²) in [5, 5.41) is 8.37. The molecule has 0 aliphatic rings. The minimum Gasteiger partial charge on any atom is -0.389 e. The Morgan fingerprint density at radius 3 is 2.72 bits per heavy atom. The van der Waals surface area contributed by atoms with Crippen molar-refractivity contribution in [1.82, 2.24) is 15.0 Å². The zero-order chi connectivity index (χ0) is 17.8. The minimum atomic E-state index is -0.645. The Labute approximate surface area is 149 Å². The van der Waals surface area contributed by atoms with Crippen LogP contribution >= 0.6 is 11.3 Å². The molecular formula is C17H17N5O2S. The minimum absolute atomic E-state index is 0.186. The number of thiazole rings is 1. The van der Waals surface area contributed by atoms with Crippen molar-refractivity contribution in [2.45, 2.75) is 20.8 Å². The van der Waals surface area contributed by atoms with E-state index in [1.807, 2.05) is 32.9 Å². The van der Waals surface area contributed by atoms with E-state index in [4.69, 9.17) is 4.74 Å². The highest BCUT2D eigenvalue weighted by molar-refractivity contribution is 7.09. The predicted molar refractivity (Wildman–Crippen MR) is 97.7 cm³/mol. The van der Waals surface area contributed by atoms with Gasteiger partial charge in [0, 0.05) is 17.3 Å². The van der Waals surface area contributed by atoms with Gasteiger partial charge in [0.2, 0.25) is 5.88 Å². The molecule has 0 bridgehead atoms. The molecule has 0 spiro atoms. The number of nitrogens with zero attached hydrogens (tertiary/aromatic N) is 3. The third-order valence-electron chi connectivity index (χ3n) is 3.19. The second-order valence-corrected chi connectivity index (χ2v) is 6.51. The van der Waals surface area contributed by atoms with E-state index in [9.17, 15) is 4.79 Å². The lowest BCUT2D eigenvalue weighted by molar-refractivity contribution is 0.213. The van der Waals surface area contributed by atoms with E-state index < -0.39 is 6.09 Å². The average molecular weight is 355 g/mol. The van der Waals surface area contributed by atoms with Crippen LogP contribution < -0.4 is 15.4 Å². The van der Waals surface area contributed by atoms with Gasteiger partial charge < -0.3 is 10.1 Å². The molecule has 8 heteroatoms. The van der Waals surface area contributed by atoms with E-state index in [2.05, 4.69) is 25.6 Å². The lowest BCUT2D eigenvalue weighted by Gasteiger charge is -2.12. The van der Waals surface area contributed by atoms with Crippen molar-refractivity contribution < 1.29 is 9.53 Å². The maximum absolute atomic E-state index is 12.1. The average Bonchev–Trinajstić information content (AvgIpc) is 2.95. The number of amides is 1. The van der Waals surface area contributed by atoms with Gasteiger partial charge in [-0.25, -0.2) is 14.8 Å². The van der Waals surface area contributed by atoms with Gasteiger partial charge in [-0.05, 0) is 44.5 Å². The van der Waals surface area contributed by atoms with Gasteiger partial charge in [0.1, 0.15) is 11.5 Å². The number of pyridine rings is 2. The number of aryl methyl sites for hydroxylation is 3. The molecule has 0 aromatic carbocycles. The van der Waals surface area contributed by atoms with Gasteiger partial charge in [0.15, 0.2) is 0 Å². The van der Waals surface area contributed by atoms with Crippen LogP contribution in [-0.4, -0.2) is 21.0 Å². The highest BCUT2D eigenvalue weighted by Crippen LogP contribution is 2.26. The fourth-order valence-electron chi connectivity index (χ4n) is 2.12. The van der Waals surface area contributed by atoms with E-state index in [-0.39, 0.29) is 5.88 Å². The quantitative estimate of drug-likeness (QED) is 0.728.